The zero-order chi connectivity index (χ0) is 12.1. The van der Waals surface area contributed by atoms with Crippen molar-refractivity contribution in [2.45, 2.75) is 32.1 Å². The fourth-order valence-electron chi connectivity index (χ4n) is 2.53. The van der Waals surface area contributed by atoms with Gasteiger partial charge in [-0.3, -0.25) is 0 Å². The molecule has 0 spiro atoms. The van der Waals surface area contributed by atoms with E-state index in [2.05, 4.69) is 48.5 Å². The maximum atomic E-state index is 3.50. The van der Waals surface area contributed by atoms with Gasteiger partial charge in [0.05, 0.1) is 0 Å². The molecule has 1 aliphatic rings. The van der Waals surface area contributed by atoms with E-state index in [9.17, 15) is 0 Å². The minimum absolute atomic E-state index is 0.704. The molecular weight excluding hydrogens is 208 g/mol. The SMILES string of the molecule is CCCCN(C)CCC1CNc2ccccc21. The van der Waals surface area contributed by atoms with Crippen LogP contribution < -0.4 is 5.32 Å². The molecule has 2 heteroatoms. The lowest BCUT2D eigenvalue weighted by Crippen LogP contribution is -2.22. The van der Waals surface area contributed by atoms with Crippen LogP contribution in [-0.4, -0.2) is 31.6 Å². The summed E-state index contributed by atoms with van der Waals surface area (Å²) in [5, 5.41) is 3.50. The first kappa shape index (κ1) is 12.4. The van der Waals surface area contributed by atoms with Crippen molar-refractivity contribution in [1.82, 2.24) is 4.90 Å². The Morgan fingerprint density at radius 3 is 2.94 bits per heavy atom. The quantitative estimate of drug-likeness (QED) is 0.809. The van der Waals surface area contributed by atoms with Crippen LogP contribution in [0.25, 0.3) is 0 Å². The molecule has 1 N–H and O–H groups in total. The second-order valence-corrected chi connectivity index (χ2v) is 5.11. The van der Waals surface area contributed by atoms with Crippen LogP contribution in [0, 0.1) is 0 Å². The highest BCUT2D eigenvalue weighted by Gasteiger charge is 2.21. The number of nitrogens with zero attached hydrogens (tertiary/aromatic N) is 1. The molecule has 0 aromatic heterocycles. The summed E-state index contributed by atoms with van der Waals surface area (Å²) in [5.74, 6) is 0.704. The van der Waals surface area contributed by atoms with Gasteiger partial charge in [0, 0.05) is 18.2 Å². The molecule has 0 saturated carbocycles. The van der Waals surface area contributed by atoms with Crippen LogP contribution in [0.1, 0.15) is 37.7 Å². The molecule has 1 unspecified atom stereocenters. The van der Waals surface area contributed by atoms with Crippen molar-refractivity contribution < 1.29 is 0 Å². The van der Waals surface area contributed by atoms with Gasteiger partial charge in [-0.2, -0.15) is 0 Å². The van der Waals surface area contributed by atoms with E-state index in [1.165, 1.54) is 43.6 Å². The van der Waals surface area contributed by atoms with E-state index in [-0.39, 0.29) is 0 Å². The summed E-state index contributed by atoms with van der Waals surface area (Å²) in [7, 11) is 2.24. The highest BCUT2D eigenvalue weighted by atomic mass is 15.1. The van der Waals surface area contributed by atoms with Crippen molar-refractivity contribution in [3.05, 3.63) is 29.8 Å². The summed E-state index contributed by atoms with van der Waals surface area (Å²) in [4.78, 5) is 2.46. The van der Waals surface area contributed by atoms with Gasteiger partial charge >= 0.3 is 0 Å². The molecule has 0 aliphatic carbocycles. The number of rotatable bonds is 6. The van der Waals surface area contributed by atoms with Gasteiger partial charge in [0.2, 0.25) is 0 Å². The molecule has 0 amide bonds. The monoisotopic (exact) mass is 232 g/mol. The van der Waals surface area contributed by atoms with E-state index in [1.807, 2.05) is 0 Å². The summed E-state index contributed by atoms with van der Waals surface area (Å²) >= 11 is 0. The third-order valence-electron chi connectivity index (χ3n) is 3.69. The number of unbranched alkanes of at least 4 members (excludes halogenated alkanes) is 1. The number of benzene rings is 1. The average Bonchev–Trinajstić information content (AvgIpc) is 2.77. The van der Waals surface area contributed by atoms with Gasteiger partial charge in [0.1, 0.15) is 0 Å². The second-order valence-electron chi connectivity index (χ2n) is 5.11. The maximum absolute atomic E-state index is 3.50. The van der Waals surface area contributed by atoms with Crippen molar-refractivity contribution >= 4 is 5.69 Å². The van der Waals surface area contributed by atoms with Crippen LogP contribution in [0.2, 0.25) is 0 Å². The number of anilines is 1. The van der Waals surface area contributed by atoms with Gasteiger partial charge in [-0.1, -0.05) is 31.5 Å². The summed E-state index contributed by atoms with van der Waals surface area (Å²) in [5.41, 5.74) is 2.85. The van der Waals surface area contributed by atoms with Gasteiger partial charge in [-0.05, 0) is 44.6 Å². The molecule has 0 bridgehead atoms. The van der Waals surface area contributed by atoms with Gasteiger partial charge in [0.25, 0.3) is 0 Å². The molecule has 1 aromatic carbocycles. The lowest BCUT2D eigenvalue weighted by Gasteiger charge is -2.18. The molecule has 1 aromatic rings. The molecule has 1 heterocycles. The Balaban J connectivity index is 1.81. The van der Waals surface area contributed by atoms with Gasteiger partial charge in [0.15, 0.2) is 0 Å². The number of hydrogen-bond donors (Lipinski definition) is 1. The molecule has 0 radical (unpaired) electrons. The van der Waals surface area contributed by atoms with Crippen molar-refractivity contribution in [2.75, 3.05) is 32.0 Å². The molecule has 1 atom stereocenters. The third kappa shape index (κ3) is 3.22. The lowest BCUT2D eigenvalue weighted by molar-refractivity contribution is 0.315. The summed E-state index contributed by atoms with van der Waals surface area (Å²) in [6, 6.07) is 8.73. The Hall–Kier alpha value is -1.02. The van der Waals surface area contributed by atoms with Gasteiger partial charge in [-0.15, -0.1) is 0 Å². The molecule has 17 heavy (non-hydrogen) atoms. The minimum atomic E-state index is 0.704. The van der Waals surface area contributed by atoms with E-state index in [0.717, 1.165) is 6.54 Å². The first-order valence-electron chi connectivity index (χ1n) is 6.82. The number of nitrogens with one attached hydrogen (secondary N) is 1. The fourth-order valence-corrected chi connectivity index (χ4v) is 2.53. The zero-order valence-corrected chi connectivity index (χ0v) is 11.1. The van der Waals surface area contributed by atoms with Crippen LogP contribution in [-0.2, 0) is 0 Å². The Morgan fingerprint density at radius 1 is 1.29 bits per heavy atom. The minimum Gasteiger partial charge on any atom is -0.384 e. The molecule has 0 fully saturated rings. The highest BCUT2D eigenvalue weighted by molar-refractivity contribution is 5.57. The topological polar surface area (TPSA) is 15.3 Å². The third-order valence-corrected chi connectivity index (χ3v) is 3.69. The van der Waals surface area contributed by atoms with Crippen LogP contribution in [0.4, 0.5) is 5.69 Å². The Kier molecular flexibility index (Phi) is 4.43. The molecule has 94 valence electrons. The smallest absolute Gasteiger partial charge is 0.0376 e. The lowest BCUT2D eigenvalue weighted by atomic mass is 9.98. The highest BCUT2D eigenvalue weighted by Crippen LogP contribution is 2.33. The van der Waals surface area contributed by atoms with Gasteiger partial charge < -0.3 is 10.2 Å². The van der Waals surface area contributed by atoms with E-state index in [4.69, 9.17) is 0 Å². The summed E-state index contributed by atoms with van der Waals surface area (Å²) in [6.07, 6.45) is 3.87. The molecule has 2 nitrogen and oxygen atoms in total. The Bertz CT molecular complexity index is 349. The molecule has 0 saturated heterocycles. The maximum Gasteiger partial charge on any atom is 0.0376 e. The number of fused-ring (bicyclic) bond motifs is 1. The largest absolute Gasteiger partial charge is 0.384 e. The zero-order valence-electron chi connectivity index (χ0n) is 11.1. The van der Waals surface area contributed by atoms with Crippen molar-refractivity contribution in [1.29, 1.82) is 0 Å². The van der Waals surface area contributed by atoms with Crippen LogP contribution in [0.15, 0.2) is 24.3 Å². The number of hydrogen-bond acceptors (Lipinski definition) is 2. The van der Waals surface area contributed by atoms with Gasteiger partial charge in [-0.25, -0.2) is 0 Å². The van der Waals surface area contributed by atoms with Crippen LogP contribution in [0.5, 0.6) is 0 Å². The first-order valence-corrected chi connectivity index (χ1v) is 6.82. The molecule has 2 rings (SSSR count). The van der Waals surface area contributed by atoms with E-state index >= 15 is 0 Å². The van der Waals surface area contributed by atoms with Crippen molar-refractivity contribution in [3.63, 3.8) is 0 Å². The summed E-state index contributed by atoms with van der Waals surface area (Å²) in [6.45, 7) is 5.81. The second kappa shape index (κ2) is 6.06. The Labute approximate surface area is 105 Å². The normalized spacial score (nSPS) is 18.2. The molecule has 1 aliphatic heterocycles. The molecular formula is C15H24N2. The predicted molar refractivity (Wildman–Crippen MR) is 74.7 cm³/mol. The van der Waals surface area contributed by atoms with Crippen molar-refractivity contribution in [3.8, 4) is 0 Å². The number of para-hydroxylation sites is 1. The fraction of sp³-hybridized carbons (Fsp3) is 0.600. The van der Waals surface area contributed by atoms with E-state index < -0.39 is 0 Å². The summed E-state index contributed by atoms with van der Waals surface area (Å²) < 4.78 is 0. The van der Waals surface area contributed by atoms with Crippen LogP contribution >= 0.6 is 0 Å². The Morgan fingerprint density at radius 2 is 2.12 bits per heavy atom. The van der Waals surface area contributed by atoms with E-state index in [0.29, 0.717) is 5.92 Å². The van der Waals surface area contributed by atoms with Crippen molar-refractivity contribution in [2.24, 2.45) is 0 Å². The predicted octanol–water partition coefficient (Wildman–Crippen LogP) is 3.32. The standard InChI is InChI=1S/C15H24N2/c1-3-4-10-17(2)11-9-13-12-16-15-8-6-5-7-14(13)15/h5-8,13,16H,3-4,9-12H2,1-2H3. The first-order chi connectivity index (χ1) is 8.31. The van der Waals surface area contributed by atoms with E-state index in [1.54, 1.807) is 0 Å². The van der Waals surface area contributed by atoms with Crippen LogP contribution in [0.3, 0.4) is 0 Å². The average molecular weight is 232 g/mol.